The van der Waals surface area contributed by atoms with Crippen LogP contribution in [0.4, 0.5) is 0 Å². The molecule has 0 aromatic carbocycles. The van der Waals surface area contributed by atoms with Crippen LogP contribution < -0.4 is 5.32 Å². The summed E-state index contributed by atoms with van der Waals surface area (Å²) in [5.41, 5.74) is 0. The van der Waals surface area contributed by atoms with Crippen LogP contribution in [0, 0.1) is 0 Å². The first kappa shape index (κ1) is 13.7. The Bertz CT molecular complexity index is 161. The molecule has 1 aliphatic heterocycles. The Morgan fingerprint density at radius 3 is 3.00 bits per heavy atom. The molecule has 0 saturated carbocycles. The van der Waals surface area contributed by atoms with Crippen LogP contribution in [0.25, 0.3) is 0 Å². The van der Waals surface area contributed by atoms with E-state index >= 15 is 0 Å². The van der Waals surface area contributed by atoms with Gasteiger partial charge >= 0.3 is 0 Å². The quantitative estimate of drug-likeness (QED) is 0.770. The molecule has 2 unspecified atom stereocenters. The lowest BCUT2D eigenvalue weighted by molar-refractivity contribution is 0.231. The normalized spacial score (nSPS) is 24.4. The maximum Gasteiger partial charge on any atom is 0.0285 e. The van der Waals surface area contributed by atoms with Gasteiger partial charge in [0.15, 0.2) is 0 Å². The van der Waals surface area contributed by atoms with Gasteiger partial charge in [0.05, 0.1) is 0 Å². The van der Waals surface area contributed by atoms with Gasteiger partial charge in [0.1, 0.15) is 0 Å². The summed E-state index contributed by atoms with van der Waals surface area (Å²) in [7, 11) is 2.26. The fourth-order valence-corrected chi connectivity index (χ4v) is 3.29. The van der Waals surface area contributed by atoms with Gasteiger partial charge < -0.3 is 10.2 Å². The summed E-state index contributed by atoms with van der Waals surface area (Å²) < 4.78 is 0. The molecule has 1 rings (SSSR count). The second-order valence-electron chi connectivity index (χ2n) is 4.30. The summed E-state index contributed by atoms with van der Waals surface area (Å²) in [6.45, 7) is 4.72. The van der Waals surface area contributed by atoms with Gasteiger partial charge in [-0.3, -0.25) is 0 Å². The predicted molar refractivity (Wildman–Crippen MR) is 74.2 cm³/mol. The van der Waals surface area contributed by atoms with E-state index in [1.165, 1.54) is 36.8 Å². The topological polar surface area (TPSA) is 15.3 Å². The molecular weight excluding hydrogens is 224 g/mol. The van der Waals surface area contributed by atoms with Crippen LogP contribution in [-0.4, -0.2) is 60.6 Å². The summed E-state index contributed by atoms with van der Waals surface area (Å²) in [6.07, 6.45) is 3.49. The Hall–Kier alpha value is 0.620. The highest BCUT2D eigenvalue weighted by Crippen LogP contribution is 2.11. The highest BCUT2D eigenvalue weighted by atomic mass is 32.2. The molecule has 90 valence electrons. The summed E-state index contributed by atoms with van der Waals surface area (Å²) in [5, 5.41) is 3.59. The first-order valence-electron chi connectivity index (χ1n) is 5.74. The Morgan fingerprint density at radius 1 is 1.60 bits per heavy atom. The third kappa shape index (κ3) is 5.48. The monoisotopic (exact) mass is 248 g/mol. The van der Waals surface area contributed by atoms with E-state index in [9.17, 15) is 0 Å². The Labute approximate surface area is 103 Å². The van der Waals surface area contributed by atoms with Gasteiger partial charge in [-0.15, -0.1) is 0 Å². The predicted octanol–water partition coefficient (Wildman–Crippen LogP) is 1.76. The number of hydrogen-bond donors (Lipinski definition) is 1. The molecule has 0 radical (unpaired) electrons. The van der Waals surface area contributed by atoms with Crippen molar-refractivity contribution < 1.29 is 0 Å². The summed E-state index contributed by atoms with van der Waals surface area (Å²) >= 11 is 4.03. The Kier molecular flexibility index (Phi) is 7.14. The van der Waals surface area contributed by atoms with Crippen molar-refractivity contribution in [1.29, 1.82) is 0 Å². The molecule has 1 aliphatic rings. The van der Waals surface area contributed by atoms with Crippen LogP contribution in [-0.2, 0) is 0 Å². The molecule has 0 aliphatic carbocycles. The fourth-order valence-electron chi connectivity index (χ4n) is 1.77. The van der Waals surface area contributed by atoms with Gasteiger partial charge in [0.25, 0.3) is 0 Å². The van der Waals surface area contributed by atoms with Gasteiger partial charge in [0, 0.05) is 36.7 Å². The molecule has 4 heteroatoms. The van der Waals surface area contributed by atoms with Gasteiger partial charge in [-0.25, -0.2) is 0 Å². The maximum absolute atomic E-state index is 3.59. The van der Waals surface area contributed by atoms with Crippen molar-refractivity contribution in [2.24, 2.45) is 0 Å². The number of hydrogen-bond acceptors (Lipinski definition) is 4. The molecule has 0 aromatic rings. The molecule has 1 fully saturated rings. The van der Waals surface area contributed by atoms with E-state index < -0.39 is 0 Å². The van der Waals surface area contributed by atoms with Gasteiger partial charge in [-0.1, -0.05) is 0 Å². The number of likely N-dealkylation sites (N-methyl/N-ethyl adjacent to an activating group) is 1. The van der Waals surface area contributed by atoms with Crippen molar-refractivity contribution in [2.45, 2.75) is 25.4 Å². The van der Waals surface area contributed by atoms with E-state index in [4.69, 9.17) is 0 Å². The van der Waals surface area contributed by atoms with Gasteiger partial charge in [-0.05, 0) is 32.4 Å². The zero-order valence-electron chi connectivity index (χ0n) is 10.2. The minimum absolute atomic E-state index is 0.700. The molecule has 1 N–H and O–H groups in total. The summed E-state index contributed by atoms with van der Waals surface area (Å²) in [4.78, 5) is 2.50. The molecule has 0 amide bonds. The van der Waals surface area contributed by atoms with E-state index in [-0.39, 0.29) is 0 Å². The number of thioether (sulfide) groups is 2. The molecular formula is C11H24N2S2. The van der Waals surface area contributed by atoms with Crippen molar-refractivity contribution in [3.8, 4) is 0 Å². The van der Waals surface area contributed by atoms with Crippen LogP contribution in [0.15, 0.2) is 0 Å². The Balaban J connectivity index is 2.17. The van der Waals surface area contributed by atoms with Crippen molar-refractivity contribution in [3.63, 3.8) is 0 Å². The van der Waals surface area contributed by atoms with Gasteiger partial charge in [-0.2, -0.15) is 23.5 Å². The van der Waals surface area contributed by atoms with Crippen LogP contribution in [0.5, 0.6) is 0 Å². The molecule has 0 bridgehead atoms. The van der Waals surface area contributed by atoms with Crippen LogP contribution in [0.2, 0.25) is 0 Å². The van der Waals surface area contributed by atoms with E-state index in [0.717, 1.165) is 0 Å². The van der Waals surface area contributed by atoms with Crippen molar-refractivity contribution in [3.05, 3.63) is 0 Å². The highest BCUT2D eigenvalue weighted by Gasteiger charge is 2.17. The molecule has 1 heterocycles. The number of rotatable bonds is 6. The Morgan fingerprint density at radius 2 is 2.40 bits per heavy atom. The second kappa shape index (κ2) is 7.82. The van der Waals surface area contributed by atoms with Crippen LogP contribution in [0.3, 0.4) is 0 Å². The van der Waals surface area contributed by atoms with Crippen molar-refractivity contribution >= 4 is 23.5 Å². The van der Waals surface area contributed by atoms with Crippen LogP contribution in [0.1, 0.15) is 13.3 Å². The minimum Gasteiger partial charge on any atom is -0.311 e. The van der Waals surface area contributed by atoms with Gasteiger partial charge in [0.2, 0.25) is 0 Å². The standard InChI is InChI=1S/C11H24N2S2/c1-10(4-6-14-3)13(2)8-11-9-15-7-5-12-11/h10-12H,4-9H2,1-3H3. The third-order valence-electron chi connectivity index (χ3n) is 3.00. The van der Waals surface area contributed by atoms with Crippen molar-refractivity contribution in [1.82, 2.24) is 10.2 Å². The number of nitrogens with one attached hydrogen (secondary N) is 1. The van der Waals surface area contributed by atoms with Crippen LogP contribution >= 0.6 is 23.5 Å². The zero-order valence-corrected chi connectivity index (χ0v) is 11.8. The fraction of sp³-hybridized carbons (Fsp3) is 1.00. The van der Waals surface area contributed by atoms with E-state index in [1.807, 2.05) is 11.8 Å². The molecule has 2 nitrogen and oxygen atoms in total. The average Bonchev–Trinajstić information content (AvgIpc) is 2.27. The SMILES string of the molecule is CSCCC(C)N(C)CC1CSCCN1. The van der Waals surface area contributed by atoms with E-state index in [0.29, 0.717) is 12.1 Å². The molecule has 2 atom stereocenters. The molecule has 0 aromatic heterocycles. The largest absolute Gasteiger partial charge is 0.311 e. The zero-order chi connectivity index (χ0) is 11.1. The lowest BCUT2D eigenvalue weighted by Gasteiger charge is -2.31. The molecule has 15 heavy (non-hydrogen) atoms. The first-order valence-corrected chi connectivity index (χ1v) is 8.29. The lowest BCUT2D eigenvalue weighted by atomic mass is 10.2. The molecule has 0 spiro atoms. The lowest BCUT2D eigenvalue weighted by Crippen LogP contribution is -2.47. The van der Waals surface area contributed by atoms with E-state index in [2.05, 4.69) is 42.2 Å². The third-order valence-corrected chi connectivity index (χ3v) is 4.77. The number of nitrogens with zero attached hydrogens (tertiary/aromatic N) is 1. The van der Waals surface area contributed by atoms with E-state index in [1.54, 1.807) is 0 Å². The summed E-state index contributed by atoms with van der Waals surface area (Å²) in [5.74, 6) is 3.83. The molecule has 1 saturated heterocycles. The maximum atomic E-state index is 3.59. The summed E-state index contributed by atoms with van der Waals surface area (Å²) in [6, 6.07) is 1.41. The highest BCUT2D eigenvalue weighted by molar-refractivity contribution is 7.99. The van der Waals surface area contributed by atoms with Crippen molar-refractivity contribution in [2.75, 3.05) is 43.7 Å². The smallest absolute Gasteiger partial charge is 0.0285 e. The minimum atomic E-state index is 0.700. The average molecular weight is 248 g/mol. The second-order valence-corrected chi connectivity index (χ2v) is 6.43. The first-order chi connectivity index (χ1) is 7.24.